The van der Waals surface area contributed by atoms with Crippen LogP contribution in [-0.2, 0) is 9.84 Å². The van der Waals surface area contributed by atoms with Crippen molar-refractivity contribution in [2.24, 2.45) is 5.41 Å². The molecule has 0 bridgehead atoms. The Labute approximate surface area is 119 Å². The monoisotopic (exact) mass is 289 g/mol. The third kappa shape index (κ3) is 7.31. The lowest BCUT2D eigenvalue weighted by molar-refractivity contribution is 0.209. The number of nitrogens with one attached hydrogen (secondary N) is 1. The largest absolute Gasteiger partial charge is 0.313 e. The lowest BCUT2D eigenvalue weighted by atomic mass is 9.76. The van der Waals surface area contributed by atoms with E-state index in [1.54, 1.807) is 0 Å². The molecule has 3 nitrogen and oxygen atoms in total. The maximum absolute atomic E-state index is 11.3. The molecule has 0 aromatic carbocycles. The Kier molecular flexibility index (Phi) is 6.81. The van der Waals surface area contributed by atoms with Gasteiger partial charge in [0, 0.05) is 24.6 Å². The van der Waals surface area contributed by atoms with Gasteiger partial charge in [0.1, 0.15) is 9.84 Å². The maximum atomic E-state index is 11.3. The molecule has 0 aromatic rings. The van der Waals surface area contributed by atoms with Crippen LogP contribution < -0.4 is 5.32 Å². The number of sulfone groups is 1. The first-order valence-electron chi connectivity index (χ1n) is 7.82. The highest BCUT2D eigenvalue weighted by atomic mass is 32.2. The van der Waals surface area contributed by atoms with E-state index >= 15 is 0 Å². The predicted molar refractivity (Wildman–Crippen MR) is 82.2 cm³/mol. The molecule has 1 atom stereocenters. The Balaban J connectivity index is 2.48. The van der Waals surface area contributed by atoms with Crippen LogP contribution in [0, 0.1) is 5.41 Å². The molecule has 114 valence electrons. The molecule has 0 amide bonds. The minimum atomic E-state index is -2.81. The molecule has 0 saturated heterocycles. The average molecular weight is 289 g/mol. The summed E-state index contributed by atoms with van der Waals surface area (Å²) in [6.07, 6.45) is 10.7. The van der Waals surface area contributed by atoms with Crippen molar-refractivity contribution in [1.82, 2.24) is 5.32 Å². The summed E-state index contributed by atoms with van der Waals surface area (Å²) in [5.41, 5.74) is 0.309. The van der Waals surface area contributed by atoms with Crippen LogP contribution in [0.25, 0.3) is 0 Å². The van der Waals surface area contributed by atoms with E-state index < -0.39 is 9.84 Å². The van der Waals surface area contributed by atoms with Gasteiger partial charge in [-0.15, -0.1) is 0 Å². The van der Waals surface area contributed by atoms with Gasteiger partial charge in [-0.05, 0) is 43.9 Å². The van der Waals surface area contributed by atoms with E-state index in [9.17, 15) is 8.42 Å². The quantitative estimate of drug-likeness (QED) is 0.635. The predicted octanol–water partition coefficient (Wildman–Crippen LogP) is 3.15. The topological polar surface area (TPSA) is 46.2 Å². The fourth-order valence-corrected chi connectivity index (χ4v) is 3.36. The van der Waals surface area contributed by atoms with E-state index in [0.717, 1.165) is 31.8 Å². The smallest absolute Gasteiger partial charge is 0.147 e. The third-order valence-corrected chi connectivity index (χ3v) is 5.41. The number of rotatable bonds is 11. The molecule has 0 aromatic heterocycles. The summed E-state index contributed by atoms with van der Waals surface area (Å²) in [6, 6.07) is 0.738. The molecular weight excluding hydrogens is 258 g/mol. The Bertz CT molecular complexity index is 349. The zero-order chi connectivity index (χ0) is 14.4. The van der Waals surface area contributed by atoms with E-state index in [-0.39, 0.29) is 0 Å². The number of unbranched alkanes of at least 4 members (excludes halogenated alkanes) is 1. The van der Waals surface area contributed by atoms with Gasteiger partial charge in [-0.1, -0.05) is 26.7 Å². The summed E-state index contributed by atoms with van der Waals surface area (Å²) < 4.78 is 22.6. The van der Waals surface area contributed by atoms with E-state index in [4.69, 9.17) is 0 Å². The summed E-state index contributed by atoms with van der Waals surface area (Å²) in [6.45, 7) is 5.55. The first-order chi connectivity index (χ1) is 8.91. The second kappa shape index (κ2) is 7.63. The molecule has 1 unspecified atom stereocenters. The van der Waals surface area contributed by atoms with Crippen LogP contribution in [0.3, 0.4) is 0 Å². The molecule has 1 saturated carbocycles. The minimum absolute atomic E-state index is 0.309. The SMILES string of the molecule is CCCCC(CC)(CCCS(C)(=O)=O)CNC1CC1. The molecular formula is C15H31NO2S. The Morgan fingerprint density at radius 1 is 1.16 bits per heavy atom. The number of hydrogen-bond acceptors (Lipinski definition) is 3. The average Bonchev–Trinajstić information content (AvgIpc) is 3.15. The van der Waals surface area contributed by atoms with Crippen LogP contribution in [0.15, 0.2) is 0 Å². The lowest BCUT2D eigenvalue weighted by Crippen LogP contribution is -2.35. The summed E-state index contributed by atoms with van der Waals surface area (Å²) in [5, 5.41) is 3.66. The number of hydrogen-bond donors (Lipinski definition) is 1. The normalized spacial score (nSPS) is 19.3. The van der Waals surface area contributed by atoms with Crippen LogP contribution >= 0.6 is 0 Å². The summed E-state index contributed by atoms with van der Waals surface area (Å²) >= 11 is 0. The van der Waals surface area contributed by atoms with E-state index in [1.807, 2.05) is 0 Å². The molecule has 1 N–H and O–H groups in total. The van der Waals surface area contributed by atoms with Crippen molar-refractivity contribution in [3.8, 4) is 0 Å². The van der Waals surface area contributed by atoms with Gasteiger partial charge >= 0.3 is 0 Å². The Hall–Kier alpha value is -0.0900. The molecule has 0 spiro atoms. The molecule has 19 heavy (non-hydrogen) atoms. The summed E-state index contributed by atoms with van der Waals surface area (Å²) in [5.74, 6) is 0.338. The third-order valence-electron chi connectivity index (χ3n) is 4.38. The Morgan fingerprint density at radius 3 is 2.26 bits per heavy atom. The molecule has 0 heterocycles. The van der Waals surface area contributed by atoms with Crippen LogP contribution in [0.1, 0.15) is 65.2 Å². The van der Waals surface area contributed by atoms with E-state index in [2.05, 4.69) is 19.2 Å². The lowest BCUT2D eigenvalue weighted by Gasteiger charge is -2.33. The standard InChI is InChI=1S/C15H31NO2S/c1-4-6-10-15(5-2,13-16-14-8-9-14)11-7-12-19(3,17)18/h14,16H,4-13H2,1-3H3. The van der Waals surface area contributed by atoms with Crippen molar-refractivity contribution in [1.29, 1.82) is 0 Å². The van der Waals surface area contributed by atoms with Crippen molar-refractivity contribution >= 4 is 9.84 Å². The van der Waals surface area contributed by atoms with Crippen molar-refractivity contribution in [2.75, 3.05) is 18.6 Å². The molecule has 1 fully saturated rings. The second-order valence-electron chi connectivity index (χ2n) is 6.35. The van der Waals surface area contributed by atoms with E-state index in [1.165, 1.54) is 38.4 Å². The van der Waals surface area contributed by atoms with Gasteiger partial charge in [0.05, 0.1) is 0 Å². The highest BCUT2D eigenvalue weighted by Gasteiger charge is 2.30. The molecule has 1 aliphatic carbocycles. The highest BCUT2D eigenvalue weighted by Crippen LogP contribution is 2.35. The fourth-order valence-electron chi connectivity index (χ4n) is 2.69. The summed E-state index contributed by atoms with van der Waals surface area (Å²) in [4.78, 5) is 0. The van der Waals surface area contributed by atoms with Crippen molar-refractivity contribution in [3.05, 3.63) is 0 Å². The molecule has 4 heteroatoms. The van der Waals surface area contributed by atoms with Gasteiger partial charge in [-0.2, -0.15) is 0 Å². The fraction of sp³-hybridized carbons (Fsp3) is 1.00. The van der Waals surface area contributed by atoms with Crippen LogP contribution in [0.2, 0.25) is 0 Å². The van der Waals surface area contributed by atoms with E-state index in [0.29, 0.717) is 11.2 Å². The highest BCUT2D eigenvalue weighted by molar-refractivity contribution is 7.90. The zero-order valence-corrected chi connectivity index (χ0v) is 13.7. The Morgan fingerprint density at radius 2 is 1.79 bits per heavy atom. The molecule has 1 aliphatic rings. The van der Waals surface area contributed by atoms with Gasteiger partial charge in [0.2, 0.25) is 0 Å². The van der Waals surface area contributed by atoms with Crippen molar-refractivity contribution in [2.45, 2.75) is 71.3 Å². The maximum Gasteiger partial charge on any atom is 0.147 e. The first kappa shape index (κ1) is 17.0. The van der Waals surface area contributed by atoms with Crippen LogP contribution in [0.4, 0.5) is 0 Å². The molecule has 0 aliphatic heterocycles. The minimum Gasteiger partial charge on any atom is -0.313 e. The second-order valence-corrected chi connectivity index (χ2v) is 8.61. The van der Waals surface area contributed by atoms with Crippen LogP contribution in [0.5, 0.6) is 0 Å². The van der Waals surface area contributed by atoms with Crippen molar-refractivity contribution in [3.63, 3.8) is 0 Å². The first-order valence-corrected chi connectivity index (χ1v) is 9.88. The zero-order valence-electron chi connectivity index (χ0n) is 12.9. The van der Waals surface area contributed by atoms with Gasteiger partial charge in [0.25, 0.3) is 0 Å². The molecule has 0 radical (unpaired) electrons. The molecule has 1 rings (SSSR count). The summed E-state index contributed by atoms with van der Waals surface area (Å²) in [7, 11) is -2.81. The van der Waals surface area contributed by atoms with Crippen molar-refractivity contribution < 1.29 is 8.42 Å². The van der Waals surface area contributed by atoms with Gasteiger partial charge in [0.15, 0.2) is 0 Å². The van der Waals surface area contributed by atoms with Crippen LogP contribution in [-0.4, -0.2) is 33.0 Å². The van der Waals surface area contributed by atoms with Gasteiger partial charge < -0.3 is 5.32 Å². The van der Waals surface area contributed by atoms with Gasteiger partial charge in [-0.25, -0.2) is 8.42 Å². The van der Waals surface area contributed by atoms with Gasteiger partial charge in [-0.3, -0.25) is 0 Å².